The van der Waals surface area contributed by atoms with Crippen LogP contribution in [0.25, 0.3) is 0 Å². The predicted octanol–water partition coefficient (Wildman–Crippen LogP) is 2.18. The maximum atomic E-state index is 12.2. The van der Waals surface area contributed by atoms with Gasteiger partial charge < -0.3 is 15.0 Å². The molecule has 0 aromatic carbocycles. The molecule has 116 valence electrons. The normalized spacial score (nSPS) is 20.6. The molecule has 0 unspecified atom stereocenters. The van der Waals surface area contributed by atoms with Crippen molar-refractivity contribution in [1.82, 2.24) is 14.7 Å². The summed E-state index contributed by atoms with van der Waals surface area (Å²) in [5.74, 6) is 0.539. The van der Waals surface area contributed by atoms with E-state index in [0.717, 1.165) is 51.4 Å². The van der Waals surface area contributed by atoms with Crippen molar-refractivity contribution in [3.8, 4) is 0 Å². The lowest BCUT2D eigenvalue weighted by atomic mass is 9.73. The second kappa shape index (κ2) is 5.67. The largest absolute Gasteiger partial charge is 0.381 e. The van der Waals surface area contributed by atoms with E-state index < -0.39 is 0 Å². The molecule has 6 heteroatoms. The fourth-order valence-corrected chi connectivity index (χ4v) is 3.13. The molecule has 2 saturated heterocycles. The SMILES string of the molecule is CC(C)Cn1cc(NC(=O)N2CC3(CCOCC3)C2)cn1. The van der Waals surface area contributed by atoms with Gasteiger partial charge in [-0.15, -0.1) is 0 Å². The number of carbonyl (C=O) groups excluding carboxylic acids is 1. The van der Waals surface area contributed by atoms with Crippen LogP contribution in [0, 0.1) is 11.3 Å². The number of nitrogens with one attached hydrogen (secondary N) is 1. The summed E-state index contributed by atoms with van der Waals surface area (Å²) in [6, 6.07) is -0.0174. The average molecular weight is 292 g/mol. The third-order valence-corrected chi connectivity index (χ3v) is 4.33. The number of urea groups is 1. The molecule has 2 fully saturated rings. The van der Waals surface area contributed by atoms with Gasteiger partial charge in [0.15, 0.2) is 0 Å². The van der Waals surface area contributed by atoms with Crippen LogP contribution in [-0.4, -0.2) is 47.0 Å². The number of nitrogens with zero attached hydrogens (tertiary/aromatic N) is 3. The molecule has 0 atom stereocenters. The van der Waals surface area contributed by atoms with Gasteiger partial charge in [-0.2, -0.15) is 5.10 Å². The first-order chi connectivity index (χ1) is 10.1. The number of anilines is 1. The number of aromatic nitrogens is 2. The molecular weight excluding hydrogens is 268 g/mol. The van der Waals surface area contributed by atoms with Gasteiger partial charge in [-0.25, -0.2) is 4.79 Å². The lowest BCUT2D eigenvalue weighted by Crippen LogP contribution is -2.61. The predicted molar refractivity (Wildman–Crippen MR) is 80.1 cm³/mol. The fourth-order valence-electron chi connectivity index (χ4n) is 3.13. The molecule has 1 aromatic rings. The van der Waals surface area contributed by atoms with Gasteiger partial charge >= 0.3 is 6.03 Å². The van der Waals surface area contributed by atoms with Gasteiger partial charge in [-0.3, -0.25) is 4.68 Å². The Hall–Kier alpha value is -1.56. The second-order valence-corrected chi connectivity index (χ2v) is 6.74. The third-order valence-electron chi connectivity index (χ3n) is 4.33. The van der Waals surface area contributed by atoms with Crippen molar-refractivity contribution in [2.24, 2.45) is 11.3 Å². The molecule has 2 aliphatic rings. The molecule has 0 aliphatic carbocycles. The summed E-state index contributed by atoms with van der Waals surface area (Å²) >= 11 is 0. The van der Waals surface area contributed by atoms with Crippen molar-refractivity contribution in [1.29, 1.82) is 0 Å². The first-order valence-electron chi connectivity index (χ1n) is 7.72. The van der Waals surface area contributed by atoms with E-state index >= 15 is 0 Å². The van der Waals surface area contributed by atoms with E-state index in [1.807, 2.05) is 15.8 Å². The lowest BCUT2D eigenvalue weighted by molar-refractivity contribution is -0.0596. The van der Waals surface area contributed by atoms with Gasteiger partial charge in [0.2, 0.25) is 0 Å². The number of hydrogen-bond donors (Lipinski definition) is 1. The summed E-state index contributed by atoms with van der Waals surface area (Å²) in [6.07, 6.45) is 5.75. The van der Waals surface area contributed by atoms with Crippen LogP contribution in [-0.2, 0) is 11.3 Å². The molecule has 3 rings (SSSR count). The van der Waals surface area contributed by atoms with Crippen LogP contribution < -0.4 is 5.32 Å². The minimum atomic E-state index is -0.0174. The van der Waals surface area contributed by atoms with Crippen molar-refractivity contribution in [3.05, 3.63) is 12.4 Å². The molecule has 3 heterocycles. The third kappa shape index (κ3) is 3.20. The Labute approximate surface area is 125 Å². The Bertz CT molecular complexity index is 498. The molecular formula is C15H24N4O2. The summed E-state index contributed by atoms with van der Waals surface area (Å²) in [7, 11) is 0. The summed E-state index contributed by atoms with van der Waals surface area (Å²) in [5, 5.41) is 7.19. The standard InChI is InChI=1S/C15H24N4O2/c1-12(2)8-19-9-13(7-16-19)17-14(20)18-10-15(11-18)3-5-21-6-4-15/h7,9,12H,3-6,8,10-11H2,1-2H3,(H,17,20). The monoisotopic (exact) mass is 292 g/mol. The van der Waals surface area contributed by atoms with E-state index in [2.05, 4.69) is 24.3 Å². The van der Waals surface area contributed by atoms with E-state index in [-0.39, 0.29) is 6.03 Å². The summed E-state index contributed by atoms with van der Waals surface area (Å²) in [5.41, 5.74) is 1.09. The highest BCUT2D eigenvalue weighted by Gasteiger charge is 2.45. The first kappa shape index (κ1) is 14.4. The van der Waals surface area contributed by atoms with Gasteiger partial charge in [0.1, 0.15) is 0 Å². The minimum absolute atomic E-state index is 0.0174. The summed E-state index contributed by atoms with van der Waals surface area (Å²) in [6.45, 7) is 8.52. The highest BCUT2D eigenvalue weighted by atomic mass is 16.5. The quantitative estimate of drug-likeness (QED) is 0.929. The van der Waals surface area contributed by atoms with E-state index in [4.69, 9.17) is 4.74 Å². The van der Waals surface area contributed by atoms with Crippen LogP contribution in [0.15, 0.2) is 12.4 Å². The Morgan fingerprint density at radius 2 is 2.14 bits per heavy atom. The highest BCUT2D eigenvalue weighted by Crippen LogP contribution is 2.39. The van der Waals surface area contributed by atoms with Crippen LogP contribution in [0.5, 0.6) is 0 Å². The van der Waals surface area contributed by atoms with Crippen molar-refractivity contribution in [2.75, 3.05) is 31.6 Å². The van der Waals surface area contributed by atoms with Gasteiger partial charge in [0.25, 0.3) is 0 Å². The average Bonchev–Trinajstić information content (AvgIpc) is 2.83. The van der Waals surface area contributed by atoms with Crippen LogP contribution in [0.3, 0.4) is 0 Å². The van der Waals surface area contributed by atoms with E-state index in [1.54, 1.807) is 6.20 Å². The van der Waals surface area contributed by atoms with Gasteiger partial charge in [0, 0.05) is 44.5 Å². The van der Waals surface area contributed by atoms with Crippen LogP contribution in [0.2, 0.25) is 0 Å². The van der Waals surface area contributed by atoms with Crippen molar-refractivity contribution in [2.45, 2.75) is 33.2 Å². The maximum Gasteiger partial charge on any atom is 0.321 e. The fraction of sp³-hybridized carbons (Fsp3) is 0.733. The van der Waals surface area contributed by atoms with Gasteiger partial charge in [-0.1, -0.05) is 13.8 Å². The molecule has 6 nitrogen and oxygen atoms in total. The smallest absolute Gasteiger partial charge is 0.321 e. The molecule has 2 aliphatic heterocycles. The number of carbonyl (C=O) groups is 1. The summed E-state index contributed by atoms with van der Waals surface area (Å²) in [4.78, 5) is 14.1. The maximum absolute atomic E-state index is 12.2. The molecule has 21 heavy (non-hydrogen) atoms. The first-order valence-corrected chi connectivity index (χ1v) is 7.72. The zero-order valence-electron chi connectivity index (χ0n) is 12.8. The number of amides is 2. The zero-order valence-corrected chi connectivity index (χ0v) is 12.8. The summed E-state index contributed by atoms with van der Waals surface area (Å²) < 4.78 is 7.27. The number of likely N-dealkylation sites (tertiary alicyclic amines) is 1. The molecule has 0 saturated carbocycles. The van der Waals surface area contributed by atoms with E-state index in [9.17, 15) is 4.79 Å². The van der Waals surface area contributed by atoms with Crippen LogP contribution >= 0.6 is 0 Å². The minimum Gasteiger partial charge on any atom is -0.381 e. The molecule has 1 spiro atoms. The molecule has 1 N–H and O–H groups in total. The Balaban J connectivity index is 1.50. The molecule has 1 aromatic heterocycles. The van der Waals surface area contributed by atoms with E-state index in [0.29, 0.717) is 11.3 Å². The Morgan fingerprint density at radius 3 is 2.81 bits per heavy atom. The molecule has 0 bridgehead atoms. The van der Waals surface area contributed by atoms with Crippen molar-refractivity contribution in [3.63, 3.8) is 0 Å². The topological polar surface area (TPSA) is 59.4 Å². The lowest BCUT2D eigenvalue weighted by Gasteiger charge is -2.51. The zero-order chi connectivity index (χ0) is 14.9. The Morgan fingerprint density at radius 1 is 1.43 bits per heavy atom. The second-order valence-electron chi connectivity index (χ2n) is 6.74. The molecule has 0 radical (unpaired) electrons. The molecule has 2 amide bonds. The highest BCUT2D eigenvalue weighted by molar-refractivity contribution is 5.89. The van der Waals surface area contributed by atoms with Crippen LogP contribution in [0.1, 0.15) is 26.7 Å². The number of hydrogen-bond acceptors (Lipinski definition) is 3. The number of ether oxygens (including phenoxy) is 1. The number of rotatable bonds is 3. The van der Waals surface area contributed by atoms with Gasteiger partial charge in [0.05, 0.1) is 11.9 Å². The van der Waals surface area contributed by atoms with Gasteiger partial charge in [-0.05, 0) is 18.8 Å². The van der Waals surface area contributed by atoms with E-state index in [1.165, 1.54) is 0 Å². The Kier molecular flexibility index (Phi) is 3.89. The van der Waals surface area contributed by atoms with Crippen molar-refractivity contribution >= 4 is 11.7 Å². The van der Waals surface area contributed by atoms with Crippen LogP contribution in [0.4, 0.5) is 10.5 Å². The van der Waals surface area contributed by atoms with Crippen molar-refractivity contribution < 1.29 is 9.53 Å².